The van der Waals surface area contributed by atoms with Gasteiger partial charge in [0, 0.05) is 24.2 Å². The zero-order valence-electron chi connectivity index (χ0n) is 16.8. The molecule has 9 nitrogen and oxygen atoms in total. The van der Waals surface area contributed by atoms with Crippen LogP contribution in [0.15, 0.2) is 35.4 Å². The highest BCUT2D eigenvalue weighted by Crippen LogP contribution is 2.25. The second-order valence-corrected chi connectivity index (χ2v) is 10.1. The zero-order valence-corrected chi connectivity index (χ0v) is 18.4. The Hall–Kier alpha value is -2.50. The van der Waals surface area contributed by atoms with Gasteiger partial charge in [0.25, 0.3) is 0 Å². The first-order valence-corrected chi connectivity index (χ1v) is 11.7. The molecule has 0 spiro atoms. The van der Waals surface area contributed by atoms with Gasteiger partial charge in [-0.15, -0.1) is 11.3 Å². The molecule has 0 radical (unpaired) electrons. The molecule has 162 valence electrons. The molecule has 1 aromatic carbocycles. The number of carbonyl (C=O) groups excluding carboxylic acids is 2. The SMILES string of the molecule is COc1ccc(S(=O)(=O)N2CCC[C@@H](C(=O)NCC(=O)Nc3ncc(C)s3)C2)cc1. The number of benzene rings is 1. The number of rotatable bonds is 7. The Balaban J connectivity index is 1.56. The Kier molecular flexibility index (Phi) is 7.06. The molecule has 0 saturated carbocycles. The highest BCUT2D eigenvalue weighted by molar-refractivity contribution is 7.89. The van der Waals surface area contributed by atoms with Gasteiger partial charge in [-0.2, -0.15) is 4.31 Å². The Morgan fingerprint density at radius 1 is 1.30 bits per heavy atom. The number of carbonyl (C=O) groups is 2. The van der Waals surface area contributed by atoms with Crippen LogP contribution in [0.1, 0.15) is 17.7 Å². The molecule has 2 N–H and O–H groups in total. The van der Waals surface area contributed by atoms with Crippen molar-refractivity contribution in [3.05, 3.63) is 35.3 Å². The van der Waals surface area contributed by atoms with Crippen molar-refractivity contribution in [2.45, 2.75) is 24.7 Å². The van der Waals surface area contributed by atoms with Crippen molar-refractivity contribution in [3.8, 4) is 5.75 Å². The monoisotopic (exact) mass is 452 g/mol. The second kappa shape index (κ2) is 9.54. The first-order chi connectivity index (χ1) is 14.3. The summed E-state index contributed by atoms with van der Waals surface area (Å²) < 4.78 is 32.2. The third kappa shape index (κ3) is 5.35. The molecule has 1 saturated heterocycles. The van der Waals surface area contributed by atoms with E-state index in [1.54, 1.807) is 18.3 Å². The fraction of sp³-hybridized carbons (Fsp3) is 0.421. The molecule has 30 heavy (non-hydrogen) atoms. The summed E-state index contributed by atoms with van der Waals surface area (Å²) in [6.45, 7) is 2.11. The lowest BCUT2D eigenvalue weighted by Gasteiger charge is -2.31. The number of aryl methyl sites for hydroxylation is 1. The van der Waals surface area contributed by atoms with E-state index in [2.05, 4.69) is 15.6 Å². The average molecular weight is 453 g/mol. The predicted octanol–water partition coefficient (Wildman–Crippen LogP) is 1.62. The van der Waals surface area contributed by atoms with E-state index >= 15 is 0 Å². The van der Waals surface area contributed by atoms with Gasteiger partial charge in [-0.05, 0) is 44.0 Å². The van der Waals surface area contributed by atoms with Gasteiger partial charge in [-0.25, -0.2) is 13.4 Å². The van der Waals surface area contributed by atoms with Crippen LogP contribution >= 0.6 is 11.3 Å². The minimum Gasteiger partial charge on any atom is -0.497 e. The summed E-state index contributed by atoms with van der Waals surface area (Å²) in [5.74, 6) is -0.663. The molecule has 11 heteroatoms. The Labute approximate surface area is 179 Å². The maximum absolute atomic E-state index is 12.9. The van der Waals surface area contributed by atoms with Crippen LogP contribution in [0.3, 0.4) is 0 Å². The zero-order chi connectivity index (χ0) is 21.7. The third-order valence-electron chi connectivity index (χ3n) is 4.74. The lowest BCUT2D eigenvalue weighted by molar-refractivity contribution is -0.128. The van der Waals surface area contributed by atoms with E-state index in [1.165, 1.54) is 34.9 Å². The van der Waals surface area contributed by atoms with Gasteiger partial charge in [-0.1, -0.05) is 0 Å². The number of nitrogens with zero attached hydrogens (tertiary/aromatic N) is 2. The number of ether oxygens (including phenoxy) is 1. The molecule has 1 aliphatic rings. The molecule has 3 rings (SSSR count). The van der Waals surface area contributed by atoms with E-state index < -0.39 is 15.9 Å². The van der Waals surface area contributed by atoms with Gasteiger partial charge in [0.1, 0.15) is 5.75 Å². The lowest BCUT2D eigenvalue weighted by atomic mass is 9.99. The molecule has 2 amide bonds. The van der Waals surface area contributed by atoms with E-state index in [9.17, 15) is 18.0 Å². The van der Waals surface area contributed by atoms with Crippen LogP contribution in [-0.4, -0.2) is 56.3 Å². The van der Waals surface area contributed by atoms with Crippen LogP contribution in [0.5, 0.6) is 5.75 Å². The van der Waals surface area contributed by atoms with Crippen LogP contribution in [0.2, 0.25) is 0 Å². The number of hydrogen-bond acceptors (Lipinski definition) is 7. The number of thiazole rings is 1. The molecule has 1 aromatic heterocycles. The number of piperidine rings is 1. The number of anilines is 1. The van der Waals surface area contributed by atoms with E-state index in [1.807, 2.05) is 6.92 Å². The Morgan fingerprint density at radius 3 is 2.67 bits per heavy atom. The largest absolute Gasteiger partial charge is 0.497 e. The summed E-state index contributed by atoms with van der Waals surface area (Å²) in [6.07, 6.45) is 2.78. The maximum atomic E-state index is 12.9. The fourth-order valence-corrected chi connectivity index (χ4v) is 5.36. The number of amides is 2. The quantitative estimate of drug-likeness (QED) is 0.659. The molecule has 0 bridgehead atoms. The Bertz CT molecular complexity index is 1000. The summed E-state index contributed by atoms with van der Waals surface area (Å²) >= 11 is 1.34. The summed E-state index contributed by atoms with van der Waals surface area (Å²) in [5.41, 5.74) is 0. The summed E-state index contributed by atoms with van der Waals surface area (Å²) in [6, 6.07) is 6.15. The van der Waals surface area contributed by atoms with Crippen molar-refractivity contribution in [3.63, 3.8) is 0 Å². The fourth-order valence-electron chi connectivity index (χ4n) is 3.16. The molecular weight excluding hydrogens is 428 g/mol. The molecule has 0 aliphatic carbocycles. The molecule has 2 aromatic rings. The van der Waals surface area contributed by atoms with E-state index in [-0.39, 0.29) is 29.8 Å². The number of sulfonamides is 1. The van der Waals surface area contributed by atoms with Gasteiger partial charge in [0.15, 0.2) is 5.13 Å². The molecular formula is C19H24N4O5S2. The molecule has 0 unspecified atom stereocenters. The van der Waals surface area contributed by atoms with Crippen molar-refractivity contribution in [1.29, 1.82) is 0 Å². The van der Waals surface area contributed by atoms with Crippen molar-refractivity contribution >= 4 is 38.3 Å². The lowest BCUT2D eigenvalue weighted by Crippen LogP contribution is -2.46. The van der Waals surface area contributed by atoms with Crippen LogP contribution in [0, 0.1) is 12.8 Å². The number of nitrogens with one attached hydrogen (secondary N) is 2. The highest BCUT2D eigenvalue weighted by Gasteiger charge is 2.33. The molecule has 1 atom stereocenters. The highest BCUT2D eigenvalue weighted by atomic mass is 32.2. The maximum Gasteiger partial charge on any atom is 0.245 e. The average Bonchev–Trinajstić information content (AvgIpc) is 3.16. The first kappa shape index (κ1) is 22.2. The molecule has 2 heterocycles. The summed E-state index contributed by atoms with van der Waals surface area (Å²) in [5, 5.41) is 5.69. The summed E-state index contributed by atoms with van der Waals surface area (Å²) in [4.78, 5) is 29.7. The van der Waals surface area contributed by atoms with Crippen LogP contribution in [-0.2, 0) is 19.6 Å². The topological polar surface area (TPSA) is 118 Å². The minimum atomic E-state index is -3.71. The standard InChI is InChI=1S/C19H24N4O5S2/c1-13-10-21-19(29-13)22-17(24)11-20-18(25)14-4-3-9-23(12-14)30(26,27)16-7-5-15(28-2)6-8-16/h5-8,10,14H,3-4,9,11-12H2,1-2H3,(H,20,25)(H,21,22,24)/t14-/m1/s1. The molecule has 1 aliphatic heterocycles. The van der Waals surface area contributed by atoms with Crippen LogP contribution < -0.4 is 15.4 Å². The van der Waals surface area contributed by atoms with Gasteiger partial charge in [0.2, 0.25) is 21.8 Å². The van der Waals surface area contributed by atoms with E-state index in [4.69, 9.17) is 4.74 Å². The van der Waals surface area contributed by atoms with Gasteiger partial charge in [-0.3, -0.25) is 9.59 Å². The number of methoxy groups -OCH3 is 1. The van der Waals surface area contributed by atoms with Crippen molar-refractivity contribution in [2.24, 2.45) is 5.92 Å². The van der Waals surface area contributed by atoms with Crippen molar-refractivity contribution in [2.75, 3.05) is 32.1 Å². The predicted molar refractivity (Wildman–Crippen MR) is 113 cm³/mol. The van der Waals surface area contributed by atoms with Gasteiger partial charge in [0.05, 0.1) is 24.5 Å². The molecule has 1 fully saturated rings. The van der Waals surface area contributed by atoms with Crippen LogP contribution in [0.25, 0.3) is 0 Å². The van der Waals surface area contributed by atoms with Gasteiger partial charge >= 0.3 is 0 Å². The van der Waals surface area contributed by atoms with E-state index in [0.717, 1.165) is 4.88 Å². The van der Waals surface area contributed by atoms with Crippen molar-refractivity contribution < 1.29 is 22.7 Å². The summed E-state index contributed by atoms with van der Waals surface area (Å²) in [7, 11) is -2.20. The number of aromatic nitrogens is 1. The van der Waals surface area contributed by atoms with E-state index in [0.29, 0.717) is 30.3 Å². The normalized spacial score (nSPS) is 17.3. The van der Waals surface area contributed by atoms with Crippen LogP contribution in [0.4, 0.5) is 5.13 Å². The van der Waals surface area contributed by atoms with Gasteiger partial charge < -0.3 is 15.4 Å². The first-order valence-electron chi connectivity index (χ1n) is 9.44. The number of hydrogen-bond donors (Lipinski definition) is 2. The minimum absolute atomic E-state index is 0.0769. The Morgan fingerprint density at radius 2 is 2.03 bits per heavy atom. The third-order valence-corrected chi connectivity index (χ3v) is 7.45. The van der Waals surface area contributed by atoms with Crippen molar-refractivity contribution in [1.82, 2.24) is 14.6 Å². The smallest absolute Gasteiger partial charge is 0.245 e. The second-order valence-electron chi connectivity index (χ2n) is 6.92.